The largest absolute Gasteiger partial charge is 0.295 e. The molecule has 0 saturated heterocycles. The second kappa shape index (κ2) is 6.52. The molecule has 2 heterocycles. The molecule has 3 aromatic rings. The average Bonchev–Trinajstić information content (AvgIpc) is 3.14. The van der Waals surface area contributed by atoms with Crippen LogP contribution in [0.4, 0.5) is 5.95 Å². The van der Waals surface area contributed by atoms with E-state index in [1.165, 1.54) is 11.3 Å². The lowest BCUT2D eigenvalue weighted by Gasteiger charge is -2.07. The number of benzene rings is 1. The fourth-order valence-electron chi connectivity index (χ4n) is 1.98. The van der Waals surface area contributed by atoms with Gasteiger partial charge in [-0.3, -0.25) is 14.7 Å². The molecule has 1 amide bonds. The number of imidazole rings is 1. The van der Waals surface area contributed by atoms with Crippen LogP contribution < -0.4 is 5.32 Å². The van der Waals surface area contributed by atoms with E-state index in [2.05, 4.69) is 10.3 Å². The molecule has 0 radical (unpaired) electrons. The Morgan fingerprint density at radius 2 is 2.00 bits per heavy atom. The number of thiophene rings is 1. The highest BCUT2D eigenvalue weighted by Crippen LogP contribution is 2.32. The van der Waals surface area contributed by atoms with Crippen molar-refractivity contribution in [3.05, 3.63) is 53.0 Å². The maximum atomic E-state index is 11.6. The van der Waals surface area contributed by atoms with Crippen LogP contribution in [-0.4, -0.2) is 21.3 Å². The molecule has 0 unspecified atom stereocenters. The number of hydrogen-bond acceptors (Lipinski definition) is 3. The zero-order valence-electron chi connectivity index (χ0n) is 11.3. The monoisotopic (exact) mass is 351 g/mol. The lowest BCUT2D eigenvalue weighted by molar-refractivity contribution is -0.114. The summed E-state index contributed by atoms with van der Waals surface area (Å²) in [6, 6.07) is 13.4. The summed E-state index contributed by atoms with van der Waals surface area (Å²) in [5, 5.41) is 2.71. The lowest BCUT2D eigenvalue weighted by atomic mass is 10.3. The number of anilines is 1. The van der Waals surface area contributed by atoms with Crippen LogP contribution in [0.1, 0.15) is 0 Å². The maximum Gasteiger partial charge on any atom is 0.241 e. The Morgan fingerprint density at radius 1 is 1.23 bits per heavy atom. The number of halogens is 2. The zero-order valence-corrected chi connectivity index (χ0v) is 13.6. The number of hydrogen-bond donors (Lipinski definition) is 1. The molecule has 0 spiro atoms. The molecule has 0 aliphatic carbocycles. The Bertz CT molecular complexity index is 798. The highest BCUT2D eigenvalue weighted by atomic mass is 35.5. The highest BCUT2D eigenvalue weighted by molar-refractivity contribution is 7.19. The van der Waals surface area contributed by atoms with Crippen LogP contribution in [0, 0.1) is 0 Å². The smallest absolute Gasteiger partial charge is 0.241 e. The summed E-state index contributed by atoms with van der Waals surface area (Å²) in [6.45, 7) is 0. The summed E-state index contributed by atoms with van der Waals surface area (Å²) in [4.78, 5) is 17.0. The quantitative estimate of drug-likeness (QED) is 0.706. The van der Waals surface area contributed by atoms with E-state index in [0.717, 1.165) is 16.3 Å². The van der Waals surface area contributed by atoms with Crippen molar-refractivity contribution < 1.29 is 4.79 Å². The second-order valence-electron chi connectivity index (χ2n) is 4.44. The van der Waals surface area contributed by atoms with Crippen molar-refractivity contribution in [3.63, 3.8) is 0 Å². The first-order valence-corrected chi connectivity index (χ1v) is 8.16. The second-order valence-corrected chi connectivity index (χ2v) is 6.42. The first kappa shape index (κ1) is 15.1. The summed E-state index contributed by atoms with van der Waals surface area (Å²) in [7, 11) is 0. The third-order valence-electron chi connectivity index (χ3n) is 2.94. The van der Waals surface area contributed by atoms with Gasteiger partial charge in [0, 0.05) is 11.9 Å². The van der Waals surface area contributed by atoms with Gasteiger partial charge in [0.25, 0.3) is 0 Å². The Hall–Kier alpha value is -1.82. The van der Waals surface area contributed by atoms with Gasteiger partial charge in [-0.25, -0.2) is 4.98 Å². The van der Waals surface area contributed by atoms with E-state index in [-0.39, 0.29) is 11.8 Å². The van der Waals surface area contributed by atoms with E-state index in [1.807, 2.05) is 53.2 Å². The van der Waals surface area contributed by atoms with Crippen LogP contribution in [0.3, 0.4) is 0 Å². The molecule has 3 rings (SSSR count). The minimum absolute atomic E-state index is 0.123. The molecule has 22 heavy (non-hydrogen) atoms. The van der Waals surface area contributed by atoms with Crippen molar-refractivity contribution >= 4 is 46.4 Å². The number of alkyl halides is 1. The van der Waals surface area contributed by atoms with Crippen LogP contribution in [0.25, 0.3) is 16.3 Å². The van der Waals surface area contributed by atoms with Crippen LogP contribution in [-0.2, 0) is 4.79 Å². The van der Waals surface area contributed by atoms with Crippen LogP contribution in [0.15, 0.2) is 48.7 Å². The Balaban J connectivity index is 2.06. The fraction of sp³-hybridized carbons (Fsp3) is 0.0667. The van der Waals surface area contributed by atoms with Gasteiger partial charge in [0.2, 0.25) is 11.9 Å². The molecule has 0 bridgehead atoms. The van der Waals surface area contributed by atoms with E-state index in [4.69, 9.17) is 23.2 Å². The summed E-state index contributed by atoms with van der Waals surface area (Å²) in [5.74, 6) is -0.00137. The number of nitrogens with zero attached hydrogens (tertiary/aromatic N) is 2. The predicted octanol–water partition coefficient (Wildman–Crippen LogP) is 4.43. The molecule has 4 nitrogen and oxygen atoms in total. The summed E-state index contributed by atoms with van der Waals surface area (Å²) in [6.07, 6.45) is 1.86. The van der Waals surface area contributed by atoms with Gasteiger partial charge >= 0.3 is 0 Å². The topological polar surface area (TPSA) is 46.9 Å². The van der Waals surface area contributed by atoms with Gasteiger partial charge in [-0.05, 0) is 24.3 Å². The molecule has 112 valence electrons. The minimum Gasteiger partial charge on any atom is -0.295 e. The Labute approximate surface area is 141 Å². The van der Waals surface area contributed by atoms with Gasteiger partial charge in [-0.1, -0.05) is 29.8 Å². The molecule has 0 saturated carbocycles. The molecule has 0 atom stereocenters. The standard InChI is InChI=1S/C15H11Cl2N3OS/c16-8-14(21)19-15-18-11(12-6-7-13(17)22-12)9-20(15)10-4-2-1-3-5-10/h1-7,9H,8H2,(H,18,19,21). The van der Waals surface area contributed by atoms with E-state index < -0.39 is 0 Å². The van der Waals surface area contributed by atoms with Crippen molar-refractivity contribution in [3.8, 4) is 16.3 Å². The van der Waals surface area contributed by atoms with Gasteiger partial charge in [0.05, 0.1) is 9.21 Å². The maximum absolute atomic E-state index is 11.6. The fourth-order valence-corrected chi connectivity index (χ4v) is 3.05. The van der Waals surface area contributed by atoms with Crippen molar-refractivity contribution in [2.45, 2.75) is 0 Å². The van der Waals surface area contributed by atoms with Crippen molar-refractivity contribution in [2.75, 3.05) is 11.2 Å². The first-order chi connectivity index (χ1) is 10.7. The molecular weight excluding hydrogens is 341 g/mol. The number of nitrogens with one attached hydrogen (secondary N) is 1. The number of para-hydroxylation sites is 1. The number of carbonyl (C=O) groups is 1. The highest BCUT2D eigenvalue weighted by Gasteiger charge is 2.14. The van der Waals surface area contributed by atoms with E-state index in [0.29, 0.717) is 10.3 Å². The molecule has 2 aromatic heterocycles. The van der Waals surface area contributed by atoms with Gasteiger partial charge < -0.3 is 0 Å². The van der Waals surface area contributed by atoms with Gasteiger partial charge in [-0.2, -0.15) is 0 Å². The molecule has 0 aliphatic heterocycles. The molecule has 1 N–H and O–H groups in total. The van der Waals surface area contributed by atoms with E-state index in [9.17, 15) is 4.79 Å². The number of amides is 1. The Morgan fingerprint density at radius 3 is 2.64 bits per heavy atom. The van der Waals surface area contributed by atoms with E-state index >= 15 is 0 Å². The molecule has 1 aromatic carbocycles. The van der Waals surface area contributed by atoms with Crippen LogP contribution in [0.5, 0.6) is 0 Å². The molecule has 7 heteroatoms. The molecule has 0 fully saturated rings. The SMILES string of the molecule is O=C(CCl)Nc1nc(-c2ccc(Cl)s2)cn1-c1ccccc1. The van der Waals surface area contributed by atoms with Gasteiger partial charge in [0.1, 0.15) is 11.6 Å². The molecule has 0 aliphatic rings. The number of rotatable bonds is 4. The zero-order chi connectivity index (χ0) is 15.5. The molecular formula is C15H11Cl2N3OS. The number of carbonyl (C=O) groups excluding carboxylic acids is 1. The minimum atomic E-state index is -0.305. The van der Waals surface area contributed by atoms with Gasteiger partial charge in [0.15, 0.2) is 0 Å². The van der Waals surface area contributed by atoms with Crippen molar-refractivity contribution in [2.24, 2.45) is 0 Å². The first-order valence-electron chi connectivity index (χ1n) is 6.43. The van der Waals surface area contributed by atoms with Crippen molar-refractivity contribution in [1.82, 2.24) is 9.55 Å². The summed E-state index contributed by atoms with van der Waals surface area (Å²) < 4.78 is 2.50. The summed E-state index contributed by atoms with van der Waals surface area (Å²) >= 11 is 13.0. The number of aromatic nitrogens is 2. The lowest BCUT2D eigenvalue weighted by Crippen LogP contribution is -2.16. The third-order valence-corrected chi connectivity index (χ3v) is 4.43. The normalized spacial score (nSPS) is 10.6. The van der Waals surface area contributed by atoms with Gasteiger partial charge in [-0.15, -0.1) is 22.9 Å². The van der Waals surface area contributed by atoms with E-state index in [1.54, 1.807) is 0 Å². The van der Waals surface area contributed by atoms with Crippen LogP contribution >= 0.6 is 34.5 Å². The van der Waals surface area contributed by atoms with Crippen molar-refractivity contribution in [1.29, 1.82) is 0 Å². The average molecular weight is 352 g/mol. The predicted molar refractivity (Wildman–Crippen MR) is 91.2 cm³/mol. The van der Waals surface area contributed by atoms with Crippen LogP contribution in [0.2, 0.25) is 4.34 Å². The third kappa shape index (κ3) is 3.16. The Kier molecular flexibility index (Phi) is 4.47. The summed E-state index contributed by atoms with van der Waals surface area (Å²) in [5.41, 5.74) is 1.64.